The Morgan fingerprint density at radius 2 is 1.89 bits per heavy atom. The van der Waals surface area contributed by atoms with Crippen molar-refractivity contribution in [1.82, 2.24) is 20.0 Å². The number of para-hydroxylation sites is 1. The van der Waals surface area contributed by atoms with Crippen LogP contribution in [0.3, 0.4) is 0 Å². The van der Waals surface area contributed by atoms with E-state index in [1.807, 2.05) is 47.3 Å². The van der Waals surface area contributed by atoms with Crippen molar-refractivity contribution in [2.75, 3.05) is 31.5 Å². The van der Waals surface area contributed by atoms with Gasteiger partial charge in [-0.15, -0.1) is 0 Å². The first-order chi connectivity index (χ1) is 13.2. The standard InChI is InChI=1S/C20H27N5O2/c26-19(21-10-4-12-25-13-5-11-22-25)16-24-14-8-17(9-15-24)20(27)23-18-6-2-1-3-7-18/h1-3,5-7,11,13,17H,4,8-10,12,14-16H2,(H,21,26)(H,23,27). The zero-order chi connectivity index (χ0) is 18.9. The first kappa shape index (κ1) is 19.1. The third-order valence-corrected chi connectivity index (χ3v) is 4.81. The summed E-state index contributed by atoms with van der Waals surface area (Å²) in [7, 11) is 0. The topological polar surface area (TPSA) is 79.3 Å². The minimum absolute atomic E-state index is 0.0126. The molecular formula is C20H27N5O2. The highest BCUT2D eigenvalue weighted by molar-refractivity contribution is 5.92. The molecule has 3 rings (SSSR count). The fourth-order valence-electron chi connectivity index (χ4n) is 3.28. The van der Waals surface area contributed by atoms with Crippen LogP contribution in [-0.4, -0.2) is 52.7 Å². The third kappa shape index (κ3) is 6.21. The van der Waals surface area contributed by atoms with E-state index in [9.17, 15) is 9.59 Å². The highest BCUT2D eigenvalue weighted by atomic mass is 16.2. The van der Waals surface area contributed by atoms with E-state index in [0.29, 0.717) is 13.1 Å². The molecule has 0 saturated carbocycles. The van der Waals surface area contributed by atoms with E-state index in [1.54, 1.807) is 6.20 Å². The molecule has 7 heteroatoms. The van der Waals surface area contributed by atoms with Gasteiger partial charge in [-0.25, -0.2) is 0 Å². The molecule has 1 aromatic carbocycles. The van der Waals surface area contributed by atoms with Crippen molar-refractivity contribution in [3.63, 3.8) is 0 Å². The quantitative estimate of drug-likeness (QED) is 0.695. The highest BCUT2D eigenvalue weighted by Crippen LogP contribution is 2.19. The maximum atomic E-state index is 12.4. The second-order valence-corrected chi connectivity index (χ2v) is 6.88. The van der Waals surface area contributed by atoms with Crippen molar-refractivity contribution in [3.05, 3.63) is 48.8 Å². The van der Waals surface area contributed by atoms with Crippen LogP contribution < -0.4 is 10.6 Å². The van der Waals surface area contributed by atoms with Crippen LogP contribution in [-0.2, 0) is 16.1 Å². The summed E-state index contributed by atoms with van der Waals surface area (Å²) in [5.41, 5.74) is 0.833. The number of aryl methyl sites for hydroxylation is 1. The van der Waals surface area contributed by atoms with Crippen LogP contribution in [0.1, 0.15) is 19.3 Å². The van der Waals surface area contributed by atoms with Crippen molar-refractivity contribution < 1.29 is 9.59 Å². The van der Waals surface area contributed by atoms with Crippen LogP contribution in [0, 0.1) is 5.92 Å². The van der Waals surface area contributed by atoms with Gasteiger partial charge < -0.3 is 10.6 Å². The molecule has 1 aliphatic rings. The molecule has 0 spiro atoms. The van der Waals surface area contributed by atoms with E-state index in [2.05, 4.69) is 20.6 Å². The van der Waals surface area contributed by atoms with Gasteiger partial charge in [0.15, 0.2) is 0 Å². The number of amides is 2. The summed E-state index contributed by atoms with van der Waals surface area (Å²) in [5, 5.41) is 10.1. The predicted octanol–water partition coefficient (Wildman–Crippen LogP) is 1.74. The number of rotatable bonds is 8. The molecule has 1 aliphatic heterocycles. The lowest BCUT2D eigenvalue weighted by Crippen LogP contribution is -2.43. The number of benzene rings is 1. The lowest BCUT2D eigenvalue weighted by atomic mass is 9.96. The maximum absolute atomic E-state index is 12.4. The van der Waals surface area contributed by atoms with Crippen molar-refractivity contribution in [2.24, 2.45) is 5.92 Å². The molecule has 7 nitrogen and oxygen atoms in total. The van der Waals surface area contributed by atoms with Crippen molar-refractivity contribution in [3.8, 4) is 0 Å². The molecule has 2 N–H and O–H groups in total. The van der Waals surface area contributed by atoms with E-state index in [0.717, 1.165) is 44.6 Å². The molecule has 0 aliphatic carbocycles. The molecule has 1 fully saturated rings. The Balaban J connectivity index is 1.30. The summed E-state index contributed by atoms with van der Waals surface area (Å²) in [4.78, 5) is 26.5. The number of likely N-dealkylation sites (tertiary alicyclic amines) is 1. The van der Waals surface area contributed by atoms with E-state index < -0.39 is 0 Å². The number of nitrogens with zero attached hydrogens (tertiary/aromatic N) is 3. The fraction of sp³-hybridized carbons (Fsp3) is 0.450. The lowest BCUT2D eigenvalue weighted by Gasteiger charge is -2.30. The zero-order valence-corrected chi connectivity index (χ0v) is 15.5. The van der Waals surface area contributed by atoms with E-state index in [1.165, 1.54) is 0 Å². The van der Waals surface area contributed by atoms with Gasteiger partial charge in [-0.05, 0) is 50.6 Å². The van der Waals surface area contributed by atoms with Crippen LogP contribution in [0.2, 0.25) is 0 Å². The molecule has 0 bridgehead atoms. The van der Waals surface area contributed by atoms with Crippen LogP contribution in [0.25, 0.3) is 0 Å². The smallest absolute Gasteiger partial charge is 0.234 e. The number of carbonyl (C=O) groups excluding carboxylic acids is 2. The van der Waals surface area contributed by atoms with Crippen molar-refractivity contribution in [1.29, 1.82) is 0 Å². The van der Waals surface area contributed by atoms with Gasteiger partial charge in [-0.1, -0.05) is 18.2 Å². The SMILES string of the molecule is O=C(CN1CCC(C(=O)Nc2ccccc2)CC1)NCCCn1cccn1. The number of aromatic nitrogens is 2. The summed E-state index contributed by atoms with van der Waals surface area (Å²) in [6.45, 7) is 3.39. The predicted molar refractivity (Wildman–Crippen MR) is 104 cm³/mol. The minimum atomic E-state index is 0.0126. The number of anilines is 1. The molecule has 0 atom stereocenters. The van der Waals surface area contributed by atoms with Crippen LogP contribution in [0.5, 0.6) is 0 Å². The average Bonchev–Trinajstić information content (AvgIpc) is 3.20. The second kappa shape index (κ2) is 9.87. The Bertz CT molecular complexity index is 709. The summed E-state index contributed by atoms with van der Waals surface area (Å²) in [6, 6.07) is 11.4. The molecule has 0 unspecified atom stereocenters. The number of nitrogens with one attached hydrogen (secondary N) is 2. The summed E-state index contributed by atoms with van der Waals surface area (Å²) >= 11 is 0. The molecular weight excluding hydrogens is 342 g/mol. The van der Waals surface area contributed by atoms with E-state index >= 15 is 0 Å². The van der Waals surface area contributed by atoms with Gasteiger partial charge in [0.2, 0.25) is 11.8 Å². The lowest BCUT2D eigenvalue weighted by molar-refractivity contribution is -0.123. The largest absolute Gasteiger partial charge is 0.355 e. The van der Waals surface area contributed by atoms with Gasteiger partial charge in [-0.2, -0.15) is 5.10 Å². The van der Waals surface area contributed by atoms with Gasteiger partial charge >= 0.3 is 0 Å². The number of hydrogen-bond acceptors (Lipinski definition) is 4. The minimum Gasteiger partial charge on any atom is -0.355 e. The van der Waals surface area contributed by atoms with Gasteiger partial charge in [0.25, 0.3) is 0 Å². The van der Waals surface area contributed by atoms with Crippen LogP contribution in [0.15, 0.2) is 48.8 Å². The average molecular weight is 369 g/mol. The monoisotopic (exact) mass is 369 g/mol. The Kier molecular flexibility index (Phi) is 6.98. The molecule has 2 heterocycles. The molecule has 2 amide bonds. The second-order valence-electron chi connectivity index (χ2n) is 6.88. The molecule has 0 radical (unpaired) electrons. The van der Waals surface area contributed by atoms with Gasteiger partial charge in [0, 0.05) is 37.1 Å². The Morgan fingerprint density at radius 1 is 1.11 bits per heavy atom. The van der Waals surface area contributed by atoms with Crippen LogP contribution in [0.4, 0.5) is 5.69 Å². The molecule has 144 valence electrons. The number of carbonyl (C=O) groups is 2. The maximum Gasteiger partial charge on any atom is 0.234 e. The van der Waals surface area contributed by atoms with Crippen LogP contribution >= 0.6 is 0 Å². The molecule has 2 aromatic rings. The zero-order valence-electron chi connectivity index (χ0n) is 15.5. The summed E-state index contributed by atoms with van der Waals surface area (Å²) in [5.74, 6) is 0.130. The van der Waals surface area contributed by atoms with E-state index in [-0.39, 0.29) is 17.7 Å². The Morgan fingerprint density at radius 3 is 2.59 bits per heavy atom. The normalized spacial score (nSPS) is 15.4. The van der Waals surface area contributed by atoms with Gasteiger partial charge in [0.1, 0.15) is 0 Å². The number of piperidine rings is 1. The Hall–Kier alpha value is -2.67. The van der Waals surface area contributed by atoms with Crippen molar-refractivity contribution in [2.45, 2.75) is 25.8 Å². The summed E-state index contributed by atoms with van der Waals surface area (Å²) < 4.78 is 1.86. The van der Waals surface area contributed by atoms with E-state index in [4.69, 9.17) is 0 Å². The molecule has 1 saturated heterocycles. The first-order valence-corrected chi connectivity index (χ1v) is 9.53. The highest BCUT2D eigenvalue weighted by Gasteiger charge is 2.25. The number of hydrogen-bond donors (Lipinski definition) is 2. The summed E-state index contributed by atoms with van der Waals surface area (Å²) in [6.07, 6.45) is 6.09. The molecule has 1 aromatic heterocycles. The van der Waals surface area contributed by atoms with Gasteiger partial charge in [0.05, 0.1) is 6.54 Å². The Labute approximate surface area is 159 Å². The molecule has 27 heavy (non-hydrogen) atoms. The first-order valence-electron chi connectivity index (χ1n) is 9.53. The van der Waals surface area contributed by atoms with Crippen molar-refractivity contribution >= 4 is 17.5 Å². The third-order valence-electron chi connectivity index (χ3n) is 4.81. The fourth-order valence-corrected chi connectivity index (χ4v) is 3.28. The van der Waals surface area contributed by atoms with Gasteiger partial charge in [-0.3, -0.25) is 19.2 Å².